The van der Waals surface area contributed by atoms with Crippen molar-refractivity contribution in [2.45, 2.75) is 33.3 Å². The van der Waals surface area contributed by atoms with Crippen LogP contribution in [0.15, 0.2) is 28.8 Å². The highest BCUT2D eigenvalue weighted by Crippen LogP contribution is 2.20. The van der Waals surface area contributed by atoms with E-state index in [2.05, 4.69) is 10.1 Å². The molecule has 0 N–H and O–H groups in total. The quantitative estimate of drug-likeness (QED) is 0.747. The molecule has 1 aromatic heterocycles. The molecule has 0 fully saturated rings. The van der Waals surface area contributed by atoms with Crippen molar-refractivity contribution in [2.24, 2.45) is 0 Å². The van der Waals surface area contributed by atoms with Gasteiger partial charge in [-0.05, 0) is 12.1 Å². The normalized spacial score (nSPS) is 10.4. The number of rotatable bonds is 6. The highest BCUT2D eigenvalue weighted by Gasteiger charge is 2.11. The van der Waals surface area contributed by atoms with E-state index in [0.29, 0.717) is 35.9 Å². The minimum absolute atomic E-state index is 0.0537. The number of benzene rings is 1. The number of carbonyl (C=O) groups is 1. The number of hydrogen-bond acceptors (Lipinski definition) is 5. The maximum atomic E-state index is 11.8. The molecule has 0 saturated heterocycles. The predicted octanol–water partition coefficient (Wildman–Crippen LogP) is 2.80. The zero-order chi connectivity index (χ0) is 13.7. The fourth-order valence-corrected chi connectivity index (χ4v) is 1.65. The van der Waals surface area contributed by atoms with E-state index in [1.165, 1.54) is 0 Å². The van der Waals surface area contributed by atoms with Gasteiger partial charge in [0.15, 0.2) is 12.4 Å². The van der Waals surface area contributed by atoms with Gasteiger partial charge in [-0.1, -0.05) is 31.1 Å². The van der Waals surface area contributed by atoms with Gasteiger partial charge < -0.3 is 9.26 Å². The second kappa shape index (κ2) is 6.13. The van der Waals surface area contributed by atoms with Gasteiger partial charge in [-0.2, -0.15) is 4.98 Å². The molecule has 5 heteroatoms. The number of ketones is 1. The minimum Gasteiger partial charge on any atom is -0.485 e. The van der Waals surface area contributed by atoms with Gasteiger partial charge in [0, 0.05) is 12.8 Å². The Balaban J connectivity index is 2.08. The number of ether oxygens (including phenoxy) is 1. The lowest BCUT2D eigenvalue weighted by Crippen LogP contribution is -2.04. The number of nitrogens with zero attached hydrogens (tertiary/aromatic N) is 2. The summed E-state index contributed by atoms with van der Waals surface area (Å²) >= 11 is 0. The highest BCUT2D eigenvalue weighted by atomic mass is 16.5. The van der Waals surface area contributed by atoms with Crippen LogP contribution in [-0.2, 0) is 13.0 Å². The van der Waals surface area contributed by atoms with Gasteiger partial charge in [-0.15, -0.1) is 0 Å². The number of carbonyl (C=O) groups excluding carboxylic acids is 1. The van der Waals surface area contributed by atoms with Crippen LogP contribution < -0.4 is 4.74 Å². The molecule has 1 heterocycles. The Morgan fingerprint density at radius 1 is 1.32 bits per heavy atom. The zero-order valence-corrected chi connectivity index (χ0v) is 11.0. The lowest BCUT2D eigenvalue weighted by atomic mass is 10.1. The van der Waals surface area contributed by atoms with Gasteiger partial charge in [0.1, 0.15) is 5.75 Å². The summed E-state index contributed by atoms with van der Waals surface area (Å²) in [5, 5.41) is 3.80. The molecule has 0 aliphatic rings. The smallest absolute Gasteiger partial charge is 0.226 e. The van der Waals surface area contributed by atoms with E-state index in [1.807, 2.05) is 26.0 Å². The van der Waals surface area contributed by atoms with Gasteiger partial charge in [0.05, 0.1) is 5.56 Å². The van der Waals surface area contributed by atoms with Gasteiger partial charge in [-0.25, -0.2) is 0 Å². The van der Waals surface area contributed by atoms with Crippen molar-refractivity contribution in [3.05, 3.63) is 41.5 Å². The van der Waals surface area contributed by atoms with E-state index in [-0.39, 0.29) is 12.4 Å². The van der Waals surface area contributed by atoms with Crippen LogP contribution in [0.2, 0.25) is 0 Å². The molecular weight excluding hydrogens is 244 g/mol. The van der Waals surface area contributed by atoms with E-state index in [1.54, 1.807) is 12.1 Å². The van der Waals surface area contributed by atoms with Crippen LogP contribution in [0, 0.1) is 0 Å². The molecule has 1 aromatic carbocycles. The average Bonchev–Trinajstić information content (AvgIpc) is 2.92. The first kappa shape index (κ1) is 13.3. The van der Waals surface area contributed by atoms with Crippen LogP contribution in [-0.4, -0.2) is 15.9 Å². The fraction of sp³-hybridized carbons (Fsp3) is 0.357. The first-order chi connectivity index (χ1) is 9.24. The molecule has 0 saturated carbocycles. The molecular formula is C14H16N2O3. The molecule has 0 unspecified atom stereocenters. The van der Waals surface area contributed by atoms with Crippen molar-refractivity contribution < 1.29 is 14.1 Å². The second-order valence-electron chi connectivity index (χ2n) is 4.02. The van der Waals surface area contributed by atoms with Crippen LogP contribution in [0.3, 0.4) is 0 Å². The van der Waals surface area contributed by atoms with E-state index in [0.717, 1.165) is 0 Å². The first-order valence-corrected chi connectivity index (χ1v) is 6.31. The number of hydrogen-bond donors (Lipinski definition) is 0. The van der Waals surface area contributed by atoms with Crippen molar-refractivity contribution in [2.75, 3.05) is 0 Å². The lowest BCUT2D eigenvalue weighted by Gasteiger charge is -2.08. The van der Waals surface area contributed by atoms with Crippen molar-refractivity contribution in [3.8, 4) is 5.75 Å². The van der Waals surface area contributed by atoms with Crippen molar-refractivity contribution in [1.29, 1.82) is 0 Å². The molecule has 0 atom stereocenters. The Morgan fingerprint density at radius 2 is 2.11 bits per heavy atom. The third-order valence-corrected chi connectivity index (χ3v) is 2.68. The van der Waals surface area contributed by atoms with Gasteiger partial charge in [0.2, 0.25) is 11.7 Å². The van der Waals surface area contributed by atoms with Gasteiger partial charge >= 0.3 is 0 Å². The van der Waals surface area contributed by atoms with Gasteiger partial charge in [-0.3, -0.25) is 4.79 Å². The molecule has 5 nitrogen and oxygen atoms in total. The third-order valence-electron chi connectivity index (χ3n) is 2.68. The topological polar surface area (TPSA) is 65.2 Å². The van der Waals surface area contributed by atoms with Crippen LogP contribution in [0.25, 0.3) is 0 Å². The summed E-state index contributed by atoms with van der Waals surface area (Å²) in [7, 11) is 0. The predicted molar refractivity (Wildman–Crippen MR) is 69.1 cm³/mol. The van der Waals surface area contributed by atoms with E-state index >= 15 is 0 Å². The molecule has 0 bridgehead atoms. The molecule has 2 rings (SSSR count). The fourth-order valence-electron chi connectivity index (χ4n) is 1.65. The largest absolute Gasteiger partial charge is 0.485 e. The van der Waals surface area contributed by atoms with Crippen LogP contribution in [0.5, 0.6) is 5.75 Å². The lowest BCUT2D eigenvalue weighted by molar-refractivity contribution is 0.0983. The number of para-hydroxylation sites is 1. The molecule has 0 aliphatic carbocycles. The highest BCUT2D eigenvalue weighted by molar-refractivity contribution is 5.98. The Bertz CT molecular complexity index is 563. The summed E-state index contributed by atoms with van der Waals surface area (Å²) in [6.45, 7) is 3.96. The average molecular weight is 260 g/mol. The third kappa shape index (κ3) is 3.19. The molecule has 0 amide bonds. The maximum absolute atomic E-state index is 11.8. The molecule has 0 aliphatic heterocycles. The van der Waals surface area contributed by atoms with Crippen LogP contribution >= 0.6 is 0 Å². The van der Waals surface area contributed by atoms with Crippen LogP contribution in [0.1, 0.15) is 42.3 Å². The van der Waals surface area contributed by atoms with E-state index in [4.69, 9.17) is 9.26 Å². The summed E-state index contributed by atoms with van der Waals surface area (Å²) in [6, 6.07) is 7.17. The Hall–Kier alpha value is -2.17. The SMILES string of the molecule is CCC(=O)c1ccccc1OCc1noc(CC)n1. The molecule has 2 aromatic rings. The van der Waals surface area contributed by atoms with Crippen molar-refractivity contribution in [3.63, 3.8) is 0 Å². The molecule has 100 valence electrons. The maximum Gasteiger partial charge on any atom is 0.226 e. The summed E-state index contributed by atoms with van der Waals surface area (Å²) < 4.78 is 10.6. The number of aryl methyl sites for hydroxylation is 1. The molecule has 0 spiro atoms. The minimum atomic E-state index is 0.0537. The van der Waals surface area contributed by atoms with Crippen molar-refractivity contribution >= 4 is 5.78 Å². The van der Waals surface area contributed by atoms with Crippen molar-refractivity contribution in [1.82, 2.24) is 10.1 Å². The number of aromatic nitrogens is 2. The summed E-state index contributed by atoms with van der Waals surface area (Å²) in [5.74, 6) is 1.67. The van der Waals surface area contributed by atoms with E-state index in [9.17, 15) is 4.79 Å². The monoisotopic (exact) mass is 260 g/mol. The Kier molecular flexibility index (Phi) is 4.28. The standard InChI is InChI=1S/C14H16N2O3/c1-3-11(17)10-7-5-6-8-12(10)18-9-13-15-14(4-2)19-16-13/h5-8H,3-4,9H2,1-2H3. The summed E-state index contributed by atoms with van der Waals surface area (Å²) in [6.07, 6.45) is 1.14. The van der Waals surface area contributed by atoms with Gasteiger partial charge in [0.25, 0.3) is 0 Å². The summed E-state index contributed by atoms with van der Waals surface area (Å²) in [4.78, 5) is 15.9. The summed E-state index contributed by atoms with van der Waals surface area (Å²) in [5.41, 5.74) is 0.587. The van der Waals surface area contributed by atoms with Crippen LogP contribution in [0.4, 0.5) is 0 Å². The molecule has 0 radical (unpaired) electrons. The number of Topliss-reactive ketones (excluding diaryl/α,β-unsaturated/α-hetero) is 1. The Labute approximate surface area is 111 Å². The van der Waals surface area contributed by atoms with E-state index < -0.39 is 0 Å². The first-order valence-electron chi connectivity index (χ1n) is 6.31. The zero-order valence-electron chi connectivity index (χ0n) is 11.0. The molecule has 19 heavy (non-hydrogen) atoms. The second-order valence-corrected chi connectivity index (χ2v) is 4.02. The Morgan fingerprint density at radius 3 is 2.79 bits per heavy atom.